The smallest absolute Gasteiger partial charge is 0.387 e. The van der Waals surface area contributed by atoms with Crippen molar-refractivity contribution in [2.75, 3.05) is 12.3 Å². The maximum absolute atomic E-state index is 11.8. The second kappa shape index (κ2) is 8.53. The van der Waals surface area contributed by atoms with Gasteiger partial charge >= 0.3 is 23.5 Å². The second-order valence-electron chi connectivity index (χ2n) is 6.06. The lowest BCUT2D eigenvalue weighted by Crippen LogP contribution is -2.33. The summed E-state index contributed by atoms with van der Waals surface area (Å²) in [4.78, 5) is 43.3. The number of aromatic amines is 1. The summed E-state index contributed by atoms with van der Waals surface area (Å²) in [5, 5.41) is 26.8. The molecule has 9 N–H and O–H groups in total. The van der Waals surface area contributed by atoms with Crippen LogP contribution in [0, 0.1) is 0 Å². The molecular formula is C10H16N5O13P3. The van der Waals surface area contributed by atoms with Gasteiger partial charge in [-0.15, -0.1) is 0 Å². The number of hydrogen-bond acceptors (Lipinski definition) is 13. The minimum absolute atomic E-state index is 0.0322. The molecule has 0 radical (unpaired) electrons. The standard InChI is InChI=1S/C10H16N5O13P3/c11-10-6-4(12-2-13-10)5(14-15-6)9-8(17)7(16)3(26-9)1-25-30(21,22)28-31(23,24)27-29(18,19)20/h2-3,7-9,16-17H,1H2,(H,14,15)(H,21,22)(H,23,24)(H2,11,12,13)(H2,18,19,20)/t3-,7-,8-,9+/m1/s1. The molecule has 0 spiro atoms. The molecule has 3 rings (SSSR count). The number of rotatable bonds is 8. The number of aliphatic hydroxyl groups is 2. The lowest BCUT2D eigenvalue weighted by atomic mass is 10.1. The molecule has 3 heterocycles. The highest BCUT2D eigenvalue weighted by Crippen LogP contribution is 2.66. The van der Waals surface area contributed by atoms with Gasteiger partial charge in [-0.05, 0) is 0 Å². The molecule has 1 aliphatic rings. The van der Waals surface area contributed by atoms with E-state index in [1.165, 1.54) is 0 Å². The molecule has 18 nitrogen and oxygen atoms in total. The molecule has 31 heavy (non-hydrogen) atoms. The Balaban J connectivity index is 1.69. The van der Waals surface area contributed by atoms with Gasteiger partial charge in [-0.2, -0.15) is 13.7 Å². The third-order valence-corrected chi connectivity index (χ3v) is 7.66. The van der Waals surface area contributed by atoms with Gasteiger partial charge in [-0.25, -0.2) is 23.7 Å². The summed E-state index contributed by atoms with van der Waals surface area (Å²) in [5.74, 6) is 0.0322. The summed E-state index contributed by atoms with van der Waals surface area (Å²) in [6.45, 7) is -0.957. The number of ether oxygens (including phenoxy) is 1. The van der Waals surface area contributed by atoms with Gasteiger partial charge in [0.2, 0.25) is 0 Å². The van der Waals surface area contributed by atoms with Crippen LogP contribution < -0.4 is 5.73 Å². The number of nitrogen functional groups attached to an aromatic ring is 1. The number of nitrogens with zero attached hydrogens (tertiary/aromatic N) is 3. The van der Waals surface area contributed by atoms with Gasteiger partial charge in [0.25, 0.3) is 0 Å². The number of phosphoric ester groups is 1. The first-order valence-electron chi connectivity index (χ1n) is 7.93. The summed E-state index contributed by atoms with van der Waals surface area (Å²) in [7, 11) is -16.7. The molecule has 0 bridgehead atoms. The molecule has 0 amide bonds. The van der Waals surface area contributed by atoms with Crippen LogP contribution in [-0.2, 0) is 31.6 Å². The monoisotopic (exact) mass is 507 g/mol. The molecule has 0 saturated carbocycles. The number of nitrogens with one attached hydrogen (secondary N) is 1. The summed E-state index contributed by atoms with van der Waals surface area (Å²) < 4.78 is 50.7. The number of anilines is 1. The first kappa shape index (κ1) is 24.3. The Morgan fingerprint density at radius 1 is 1.03 bits per heavy atom. The lowest BCUT2D eigenvalue weighted by molar-refractivity contribution is -0.0230. The number of phosphoric acid groups is 3. The van der Waals surface area contributed by atoms with Crippen LogP contribution in [0.15, 0.2) is 6.33 Å². The minimum Gasteiger partial charge on any atom is -0.387 e. The molecule has 2 unspecified atom stereocenters. The Bertz CT molecular complexity index is 1100. The number of aliphatic hydroxyl groups excluding tert-OH is 2. The van der Waals surface area contributed by atoms with E-state index in [0.717, 1.165) is 6.33 Å². The van der Waals surface area contributed by atoms with Crippen molar-refractivity contribution in [2.24, 2.45) is 0 Å². The fourth-order valence-corrected chi connectivity index (χ4v) is 5.69. The van der Waals surface area contributed by atoms with E-state index in [0.29, 0.717) is 0 Å². The summed E-state index contributed by atoms with van der Waals surface area (Å²) in [5.41, 5.74) is 6.11. The Labute approximate surface area is 171 Å². The minimum atomic E-state index is -5.70. The summed E-state index contributed by atoms with van der Waals surface area (Å²) >= 11 is 0. The quantitative estimate of drug-likeness (QED) is 0.187. The van der Waals surface area contributed by atoms with E-state index in [2.05, 4.69) is 33.3 Å². The predicted octanol–water partition coefficient (Wildman–Crippen LogP) is -1.56. The zero-order valence-corrected chi connectivity index (χ0v) is 17.6. The van der Waals surface area contributed by atoms with Gasteiger partial charge in [0, 0.05) is 0 Å². The van der Waals surface area contributed by atoms with Crippen LogP contribution in [-0.4, -0.2) is 74.9 Å². The van der Waals surface area contributed by atoms with E-state index in [-0.39, 0.29) is 22.5 Å². The van der Waals surface area contributed by atoms with Crippen molar-refractivity contribution in [3.05, 3.63) is 12.0 Å². The van der Waals surface area contributed by atoms with Gasteiger partial charge in [0.1, 0.15) is 36.3 Å². The number of nitrogens with two attached hydrogens (primary N) is 1. The molecule has 2 aromatic heterocycles. The molecule has 21 heteroatoms. The van der Waals surface area contributed by atoms with Crippen LogP contribution in [0.25, 0.3) is 11.0 Å². The summed E-state index contributed by atoms with van der Waals surface area (Å²) in [6, 6.07) is 0. The highest BCUT2D eigenvalue weighted by Gasteiger charge is 2.47. The van der Waals surface area contributed by atoms with Crippen LogP contribution >= 0.6 is 23.5 Å². The third kappa shape index (κ3) is 5.71. The normalized spacial score (nSPS) is 28.5. The molecule has 6 atom stereocenters. The zero-order valence-electron chi connectivity index (χ0n) is 14.9. The first-order valence-corrected chi connectivity index (χ1v) is 12.5. The Morgan fingerprint density at radius 3 is 2.35 bits per heavy atom. The average Bonchev–Trinajstić information content (AvgIpc) is 3.13. The molecular weight excluding hydrogens is 491 g/mol. The van der Waals surface area contributed by atoms with E-state index < -0.39 is 54.5 Å². The van der Waals surface area contributed by atoms with Gasteiger partial charge in [-0.1, -0.05) is 0 Å². The van der Waals surface area contributed by atoms with Gasteiger partial charge in [0.05, 0.1) is 12.3 Å². The van der Waals surface area contributed by atoms with Gasteiger partial charge in [-0.3, -0.25) is 9.62 Å². The van der Waals surface area contributed by atoms with E-state index in [9.17, 15) is 28.8 Å². The van der Waals surface area contributed by atoms with Gasteiger partial charge in [0.15, 0.2) is 11.3 Å². The average molecular weight is 507 g/mol. The Hall–Kier alpha value is -1.36. The number of hydrogen-bond donors (Lipinski definition) is 8. The molecule has 1 aliphatic heterocycles. The van der Waals surface area contributed by atoms with E-state index in [1.807, 2.05) is 0 Å². The Morgan fingerprint density at radius 2 is 1.71 bits per heavy atom. The Kier molecular flexibility index (Phi) is 6.68. The number of H-pyrrole nitrogens is 1. The van der Waals surface area contributed by atoms with E-state index >= 15 is 0 Å². The topological polar surface area (TPSA) is 290 Å². The van der Waals surface area contributed by atoms with E-state index in [4.69, 9.17) is 25.2 Å². The molecule has 0 aromatic carbocycles. The SMILES string of the molecule is Nc1ncnc2c([C@@H]3O[C@H](COP(=O)(O)OP(=O)(O)OP(=O)(O)O)[C@@H](O)[C@H]3O)[nH]nc12. The molecule has 1 fully saturated rings. The maximum Gasteiger partial charge on any atom is 0.490 e. The first-order chi connectivity index (χ1) is 14.2. The van der Waals surface area contributed by atoms with Crippen molar-refractivity contribution in [1.82, 2.24) is 20.2 Å². The largest absolute Gasteiger partial charge is 0.490 e. The van der Waals surface area contributed by atoms with Crippen molar-refractivity contribution in [2.45, 2.75) is 24.4 Å². The van der Waals surface area contributed by atoms with Crippen LogP contribution in [0.5, 0.6) is 0 Å². The number of aromatic nitrogens is 4. The third-order valence-electron chi connectivity index (χ3n) is 3.86. The lowest BCUT2D eigenvalue weighted by Gasteiger charge is -2.19. The van der Waals surface area contributed by atoms with Crippen molar-refractivity contribution < 1.29 is 61.4 Å². The molecule has 0 aliphatic carbocycles. The highest BCUT2D eigenvalue weighted by molar-refractivity contribution is 7.66. The predicted molar refractivity (Wildman–Crippen MR) is 95.5 cm³/mol. The van der Waals surface area contributed by atoms with Gasteiger partial charge < -0.3 is 40.3 Å². The van der Waals surface area contributed by atoms with Crippen LogP contribution in [0.3, 0.4) is 0 Å². The van der Waals surface area contributed by atoms with Crippen molar-refractivity contribution in [1.29, 1.82) is 0 Å². The van der Waals surface area contributed by atoms with Crippen molar-refractivity contribution in [3.63, 3.8) is 0 Å². The zero-order chi connectivity index (χ0) is 23.2. The second-order valence-corrected chi connectivity index (χ2v) is 10.5. The number of fused-ring (bicyclic) bond motifs is 1. The summed E-state index contributed by atoms with van der Waals surface area (Å²) in [6.07, 6.45) is -4.85. The van der Waals surface area contributed by atoms with Crippen molar-refractivity contribution >= 4 is 40.3 Å². The van der Waals surface area contributed by atoms with Crippen LogP contribution in [0.2, 0.25) is 0 Å². The molecule has 2 aromatic rings. The molecule has 1 saturated heterocycles. The van der Waals surface area contributed by atoms with Crippen LogP contribution in [0.4, 0.5) is 5.82 Å². The molecule has 174 valence electrons. The fourth-order valence-electron chi connectivity index (χ4n) is 2.66. The van der Waals surface area contributed by atoms with E-state index in [1.54, 1.807) is 0 Å². The fraction of sp³-hybridized carbons (Fsp3) is 0.500. The van der Waals surface area contributed by atoms with Crippen molar-refractivity contribution in [3.8, 4) is 0 Å². The maximum atomic E-state index is 11.8. The van der Waals surface area contributed by atoms with Crippen LogP contribution in [0.1, 0.15) is 11.8 Å². The highest BCUT2D eigenvalue weighted by atomic mass is 31.3.